The van der Waals surface area contributed by atoms with Crippen LogP contribution in [0.1, 0.15) is 11.1 Å². The number of aliphatic hydroxyl groups excluding tert-OH is 1. The van der Waals surface area contributed by atoms with Gasteiger partial charge in [0.05, 0.1) is 13.2 Å². The lowest BCUT2D eigenvalue weighted by Crippen LogP contribution is -2.35. The molecule has 0 aliphatic rings. The van der Waals surface area contributed by atoms with Crippen molar-refractivity contribution >= 4 is 33.2 Å². The van der Waals surface area contributed by atoms with Gasteiger partial charge in [0.15, 0.2) is 0 Å². The van der Waals surface area contributed by atoms with Crippen molar-refractivity contribution in [1.82, 2.24) is 0 Å². The number of nitrogens with zero attached hydrogens (tertiary/aromatic N) is 1. The summed E-state index contributed by atoms with van der Waals surface area (Å²) in [6.45, 7) is 4.59. The molecule has 0 spiro atoms. The Morgan fingerprint density at radius 2 is 1.87 bits per heavy atom. The van der Waals surface area contributed by atoms with E-state index in [2.05, 4.69) is 21.2 Å². The maximum absolute atomic E-state index is 12.3. The summed E-state index contributed by atoms with van der Waals surface area (Å²) >= 11 is 3.40. The van der Waals surface area contributed by atoms with Crippen LogP contribution >= 0.6 is 15.9 Å². The Balaban J connectivity index is 2.07. The monoisotopic (exact) mass is 376 g/mol. The minimum absolute atomic E-state index is 0.00704. The van der Waals surface area contributed by atoms with Gasteiger partial charge in [0.2, 0.25) is 5.91 Å². The molecule has 0 fully saturated rings. The molecule has 1 amide bonds. The standard InChI is InChI=1S/C18H21BrN2O2/c1-13-3-8-17(14(2)11-13)20-18(23)12-21(9-10-22)16-6-4-15(19)5-7-16/h3-8,11,22H,9-10,12H2,1-2H3,(H,20,23). The average molecular weight is 377 g/mol. The Morgan fingerprint density at radius 3 is 2.48 bits per heavy atom. The van der Waals surface area contributed by atoms with E-state index in [-0.39, 0.29) is 19.1 Å². The fourth-order valence-electron chi connectivity index (χ4n) is 2.39. The number of hydrogen-bond donors (Lipinski definition) is 2. The maximum atomic E-state index is 12.3. The van der Waals surface area contributed by atoms with Crippen molar-refractivity contribution in [2.45, 2.75) is 13.8 Å². The van der Waals surface area contributed by atoms with Gasteiger partial charge in [-0.25, -0.2) is 0 Å². The second-order valence-electron chi connectivity index (χ2n) is 5.49. The van der Waals surface area contributed by atoms with Crippen LogP contribution in [0.2, 0.25) is 0 Å². The summed E-state index contributed by atoms with van der Waals surface area (Å²) in [7, 11) is 0. The molecule has 4 nitrogen and oxygen atoms in total. The molecule has 0 unspecified atom stereocenters. The molecule has 0 bridgehead atoms. The fraction of sp³-hybridized carbons (Fsp3) is 0.278. The summed E-state index contributed by atoms with van der Waals surface area (Å²) in [4.78, 5) is 14.2. The van der Waals surface area contributed by atoms with Crippen molar-refractivity contribution in [3.05, 3.63) is 58.1 Å². The number of amides is 1. The van der Waals surface area contributed by atoms with Crippen molar-refractivity contribution in [2.24, 2.45) is 0 Å². The highest BCUT2D eigenvalue weighted by Gasteiger charge is 2.12. The van der Waals surface area contributed by atoms with Gasteiger partial charge in [-0.1, -0.05) is 33.6 Å². The lowest BCUT2D eigenvalue weighted by atomic mass is 10.1. The van der Waals surface area contributed by atoms with Crippen LogP contribution in [-0.2, 0) is 4.79 Å². The molecule has 0 saturated heterocycles. The van der Waals surface area contributed by atoms with Crippen molar-refractivity contribution in [1.29, 1.82) is 0 Å². The number of hydrogen-bond acceptors (Lipinski definition) is 3. The van der Waals surface area contributed by atoms with Gasteiger partial charge in [0.25, 0.3) is 0 Å². The van der Waals surface area contributed by atoms with Crippen LogP contribution in [0.15, 0.2) is 46.9 Å². The summed E-state index contributed by atoms with van der Waals surface area (Å²) in [5, 5.41) is 12.2. The van der Waals surface area contributed by atoms with E-state index in [9.17, 15) is 9.90 Å². The molecular weight excluding hydrogens is 356 g/mol. The number of benzene rings is 2. The molecule has 0 heterocycles. The third-order valence-corrected chi connectivity index (χ3v) is 4.08. The molecule has 0 atom stereocenters. The summed E-state index contributed by atoms with van der Waals surface area (Å²) in [6, 6.07) is 13.6. The van der Waals surface area contributed by atoms with Crippen LogP contribution in [0.4, 0.5) is 11.4 Å². The zero-order chi connectivity index (χ0) is 16.8. The SMILES string of the molecule is Cc1ccc(NC(=O)CN(CCO)c2ccc(Br)cc2)c(C)c1. The Bertz CT molecular complexity index is 671. The van der Waals surface area contributed by atoms with E-state index < -0.39 is 0 Å². The zero-order valence-corrected chi connectivity index (χ0v) is 14.9. The minimum atomic E-state index is -0.103. The average Bonchev–Trinajstić information content (AvgIpc) is 2.50. The Labute approximate surface area is 145 Å². The van der Waals surface area contributed by atoms with E-state index in [1.165, 1.54) is 0 Å². The van der Waals surface area contributed by atoms with Gasteiger partial charge in [-0.3, -0.25) is 4.79 Å². The quantitative estimate of drug-likeness (QED) is 0.810. The lowest BCUT2D eigenvalue weighted by molar-refractivity contribution is -0.115. The van der Waals surface area contributed by atoms with Crippen LogP contribution in [0, 0.1) is 13.8 Å². The van der Waals surface area contributed by atoms with Gasteiger partial charge in [-0.15, -0.1) is 0 Å². The van der Waals surface area contributed by atoms with E-state index in [1.54, 1.807) is 0 Å². The third kappa shape index (κ3) is 5.08. The molecular formula is C18H21BrN2O2. The minimum Gasteiger partial charge on any atom is -0.395 e. The second-order valence-corrected chi connectivity index (χ2v) is 6.40. The summed E-state index contributed by atoms with van der Waals surface area (Å²) in [5.74, 6) is -0.103. The summed E-state index contributed by atoms with van der Waals surface area (Å²) in [6.07, 6.45) is 0. The third-order valence-electron chi connectivity index (χ3n) is 3.55. The van der Waals surface area contributed by atoms with Gasteiger partial charge in [0, 0.05) is 22.4 Å². The van der Waals surface area contributed by atoms with Crippen LogP contribution in [0.25, 0.3) is 0 Å². The molecule has 2 aromatic carbocycles. The topological polar surface area (TPSA) is 52.6 Å². The van der Waals surface area contributed by atoms with Gasteiger partial charge in [-0.05, 0) is 49.7 Å². The van der Waals surface area contributed by atoms with Crippen molar-refractivity contribution in [3.63, 3.8) is 0 Å². The smallest absolute Gasteiger partial charge is 0.243 e. The number of rotatable bonds is 6. The first-order chi connectivity index (χ1) is 11.0. The molecule has 2 N–H and O–H groups in total. The molecule has 0 aliphatic carbocycles. The Kier molecular flexibility index (Phi) is 6.19. The van der Waals surface area contributed by atoms with Crippen molar-refractivity contribution < 1.29 is 9.90 Å². The number of anilines is 2. The normalized spacial score (nSPS) is 10.4. The number of aryl methyl sites for hydroxylation is 2. The largest absolute Gasteiger partial charge is 0.395 e. The van der Waals surface area contributed by atoms with E-state index in [4.69, 9.17) is 0 Å². The van der Waals surface area contributed by atoms with E-state index >= 15 is 0 Å². The van der Waals surface area contributed by atoms with Gasteiger partial charge in [0.1, 0.15) is 0 Å². The van der Waals surface area contributed by atoms with Crippen LogP contribution in [0.3, 0.4) is 0 Å². The van der Waals surface area contributed by atoms with Crippen LogP contribution < -0.4 is 10.2 Å². The van der Waals surface area contributed by atoms with E-state index in [1.807, 2.05) is 61.2 Å². The molecule has 2 rings (SSSR count). The number of halogens is 1. The van der Waals surface area contributed by atoms with E-state index in [0.29, 0.717) is 6.54 Å². The van der Waals surface area contributed by atoms with Gasteiger partial charge < -0.3 is 15.3 Å². The molecule has 0 radical (unpaired) electrons. The summed E-state index contributed by atoms with van der Waals surface area (Å²) in [5.41, 5.74) is 3.92. The van der Waals surface area contributed by atoms with E-state index in [0.717, 1.165) is 27.0 Å². The molecule has 122 valence electrons. The van der Waals surface area contributed by atoms with Crippen molar-refractivity contribution in [2.75, 3.05) is 29.9 Å². The Morgan fingerprint density at radius 1 is 1.17 bits per heavy atom. The molecule has 5 heteroatoms. The first-order valence-corrected chi connectivity index (χ1v) is 8.27. The highest BCUT2D eigenvalue weighted by Crippen LogP contribution is 2.19. The Hall–Kier alpha value is -1.85. The number of carbonyl (C=O) groups is 1. The number of carbonyl (C=O) groups excluding carboxylic acids is 1. The predicted molar refractivity (Wildman–Crippen MR) is 98.0 cm³/mol. The highest BCUT2D eigenvalue weighted by atomic mass is 79.9. The first-order valence-electron chi connectivity index (χ1n) is 7.48. The van der Waals surface area contributed by atoms with Crippen LogP contribution in [0.5, 0.6) is 0 Å². The first kappa shape index (κ1) is 17.5. The summed E-state index contributed by atoms with van der Waals surface area (Å²) < 4.78 is 0.977. The maximum Gasteiger partial charge on any atom is 0.243 e. The molecule has 0 saturated carbocycles. The van der Waals surface area contributed by atoms with Gasteiger partial charge >= 0.3 is 0 Å². The lowest BCUT2D eigenvalue weighted by Gasteiger charge is -2.23. The highest BCUT2D eigenvalue weighted by molar-refractivity contribution is 9.10. The molecule has 23 heavy (non-hydrogen) atoms. The predicted octanol–water partition coefficient (Wildman–Crippen LogP) is 3.50. The van der Waals surface area contributed by atoms with Crippen molar-refractivity contribution in [3.8, 4) is 0 Å². The number of aliphatic hydroxyl groups is 1. The van der Waals surface area contributed by atoms with Crippen LogP contribution in [-0.4, -0.2) is 30.7 Å². The molecule has 2 aromatic rings. The van der Waals surface area contributed by atoms with Gasteiger partial charge in [-0.2, -0.15) is 0 Å². The second kappa shape index (κ2) is 8.13. The number of nitrogens with one attached hydrogen (secondary N) is 1. The molecule has 0 aliphatic heterocycles. The zero-order valence-electron chi connectivity index (χ0n) is 13.3. The fourth-order valence-corrected chi connectivity index (χ4v) is 2.65. The molecule has 0 aromatic heterocycles.